The molecule has 3 rings (SSSR count). The van der Waals surface area contributed by atoms with Crippen molar-refractivity contribution in [2.24, 2.45) is 0 Å². The lowest BCUT2D eigenvalue weighted by molar-refractivity contribution is 0.0717. The van der Waals surface area contributed by atoms with E-state index >= 15 is 0 Å². The Bertz CT molecular complexity index is 688. The van der Waals surface area contributed by atoms with Crippen molar-refractivity contribution in [3.63, 3.8) is 0 Å². The Morgan fingerprint density at radius 2 is 1.91 bits per heavy atom. The third-order valence-electron chi connectivity index (χ3n) is 4.22. The zero-order chi connectivity index (χ0) is 16.2. The second kappa shape index (κ2) is 7.11. The van der Waals surface area contributed by atoms with Crippen molar-refractivity contribution in [2.75, 3.05) is 0 Å². The van der Waals surface area contributed by atoms with Crippen molar-refractivity contribution in [2.45, 2.75) is 37.8 Å². The highest BCUT2D eigenvalue weighted by Crippen LogP contribution is 2.24. The molecule has 1 aromatic heterocycles. The molecule has 2 N–H and O–H groups in total. The van der Waals surface area contributed by atoms with Crippen molar-refractivity contribution in [3.8, 4) is 11.3 Å². The van der Waals surface area contributed by atoms with Crippen LogP contribution in [0.4, 0.5) is 0 Å². The first-order valence-corrected chi connectivity index (χ1v) is 8.23. The quantitative estimate of drug-likeness (QED) is 0.906. The van der Waals surface area contributed by atoms with Gasteiger partial charge in [-0.25, -0.2) is 0 Å². The van der Waals surface area contributed by atoms with Gasteiger partial charge in [0.1, 0.15) is 0 Å². The summed E-state index contributed by atoms with van der Waals surface area (Å²) in [4.78, 5) is 17.0. The van der Waals surface area contributed by atoms with Crippen molar-refractivity contribution < 1.29 is 9.90 Å². The number of pyridine rings is 1. The molecule has 0 radical (unpaired) electrons. The summed E-state index contributed by atoms with van der Waals surface area (Å²) in [6, 6.07) is 10.5. The molecule has 1 aromatic carbocycles. The molecule has 1 heterocycles. The fraction of sp³-hybridized carbons (Fsp3) is 0.333. The fourth-order valence-corrected chi connectivity index (χ4v) is 3.08. The molecule has 1 aliphatic rings. The third kappa shape index (κ3) is 3.71. The Kier molecular flexibility index (Phi) is 4.94. The van der Waals surface area contributed by atoms with E-state index in [4.69, 9.17) is 11.6 Å². The molecular formula is C18H19ClN2O2. The average Bonchev–Trinajstić information content (AvgIpc) is 2.58. The summed E-state index contributed by atoms with van der Waals surface area (Å²) < 4.78 is 0. The van der Waals surface area contributed by atoms with Crippen molar-refractivity contribution in [3.05, 3.63) is 53.2 Å². The molecule has 0 unspecified atom stereocenters. The van der Waals surface area contributed by atoms with Crippen LogP contribution in [0.1, 0.15) is 36.0 Å². The van der Waals surface area contributed by atoms with E-state index in [0.29, 0.717) is 16.3 Å². The van der Waals surface area contributed by atoms with E-state index in [1.165, 1.54) is 0 Å². The number of aliphatic hydroxyl groups excluding tert-OH is 1. The van der Waals surface area contributed by atoms with E-state index in [0.717, 1.165) is 31.2 Å². The minimum absolute atomic E-state index is 0.186. The van der Waals surface area contributed by atoms with E-state index in [1.807, 2.05) is 12.1 Å². The smallest absolute Gasteiger partial charge is 0.253 e. The van der Waals surface area contributed by atoms with Gasteiger partial charge < -0.3 is 10.4 Å². The van der Waals surface area contributed by atoms with Gasteiger partial charge in [-0.05, 0) is 37.1 Å². The summed E-state index contributed by atoms with van der Waals surface area (Å²) in [5.41, 5.74) is 1.96. The molecule has 120 valence electrons. The normalized spacial score (nSPS) is 21.0. The van der Waals surface area contributed by atoms with E-state index in [2.05, 4.69) is 10.3 Å². The Morgan fingerprint density at radius 1 is 1.17 bits per heavy atom. The Hall–Kier alpha value is -1.91. The van der Waals surface area contributed by atoms with E-state index in [9.17, 15) is 9.90 Å². The average molecular weight is 331 g/mol. The largest absolute Gasteiger partial charge is 0.391 e. The number of benzene rings is 1. The minimum Gasteiger partial charge on any atom is -0.391 e. The van der Waals surface area contributed by atoms with Crippen LogP contribution >= 0.6 is 11.6 Å². The SMILES string of the molecule is O=C(N[C@@H]1CCCC[C@H]1O)c1cccnc1-c1ccc(Cl)cc1. The number of hydrogen-bond donors (Lipinski definition) is 2. The van der Waals surface area contributed by atoms with Crippen LogP contribution in [0, 0.1) is 0 Å². The summed E-state index contributed by atoms with van der Waals surface area (Å²) in [6.07, 6.45) is 4.78. The van der Waals surface area contributed by atoms with Crippen LogP contribution < -0.4 is 5.32 Å². The number of nitrogens with one attached hydrogen (secondary N) is 1. The lowest BCUT2D eigenvalue weighted by Gasteiger charge is -2.28. The summed E-state index contributed by atoms with van der Waals surface area (Å²) >= 11 is 5.92. The highest BCUT2D eigenvalue weighted by molar-refractivity contribution is 6.30. The zero-order valence-electron chi connectivity index (χ0n) is 12.7. The maximum absolute atomic E-state index is 12.6. The Balaban J connectivity index is 1.84. The zero-order valence-corrected chi connectivity index (χ0v) is 13.5. The van der Waals surface area contributed by atoms with Crippen LogP contribution in [0.3, 0.4) is 0 Å². The number of rotatable bonds is 3. The lowest BCUT2D eigenvalue weighted by Crippen LogP contribution is -2.45. The van der Waals surface area contributed by atoms with Gasteiger partial charge >= 0.3 is 0 Å². The molecule has 4 nitrogen and oxygen atoms in total. The topological polar surface area (TPSA) is 62.2 Å². The standard InChI is InChI=1S/C18H19ClN2O2/c19-13-9-7-12(8-10-13)17-14(4-3-11-20-17)18(23)21-15-5-1-2-6-16(15)22/h3-4,7-11,15-16,22H,1-2,5-6H2,(H,21,23)/t15-,16-/m1/s1. The molecule has 0 bridgehead atoms. The van der Waals surface area contributed by atoms with Gasteiger partial charge in [0.15, 0.2) is 0 Å². The van der Waals surface area contributed by atoms with Crippen LogP contribution in [-0.2, 0) is 0 Å². The molecule has 1 amide bonds. The molecule has 1 aliphatic carbocycles. The second-order valence-corrected chi connectivity index (χ2v) is 6.27. The predicted octanol–water partition coefficient (Wildman–Crippen LogP) is 3.44. The molecule has 1 saturated carbocycles. The predicted molar refractivity (Wildman–Crippen MR) is 90.4 cm³/mol. The van der Waals surface area contributed by atoms with Crippen molar-refractivity contribution in [1.29, 1.82) is 0 Å². The van der Waals surface area contributed by atoms with E-state index in [1.54, 1.807) is 30.5 Å². The number of amides is 1. The molecule has 2 aromatic rings. The van der Waals surface area contributed by atoms with Crippen LogP contribution in [0.15, 0.2) is 42.6 Å². The van der Waals surface area contributed by atoms with Gasteiger partial charge in [0.25, 0.3) is 5.91 Å². The number of carbonyl (C=O) groups is 1. The summed E-state index contributed by atoms with van der Waals surface area (Å²) in [6.45, 7) is 0. The molecule has 1 fully saturated rings. The first-order chi connectivity index (χ1) is 11.1. The van der Waals surface area contributed by atoms with Gasteiger partial charge in [-0.15, -0.1) is 0 Å². The van der Waals surface area contributed by atoms with Gasteiger partial charge in [-0.3, -0.25) is 9.78 Å². The number of aromatic nitrogens is 1. The molecule has 23 heavy (non-hydrogen) atoms. The van der Waals surface area contributed by atoms with Crippen LogP contribution in [-0.4, -0.2) is 28.1 Å². The summed E-state index contributed by atoms with van der Waals surface area (Å²) in [7, 11) is 0. The molecule has 0 spiro atoms. The van der Waals surface area contributed by atoms with Crippen LogP contribution in [0.25, 0.3) is 11.3 Å². The number of carbonyl (C=O) groups excluding carboxylic acids is 1. The van der Waals surface area contributed by atoms with Gasteiger partial charge in [0.2, 0.25) is 0 Å². The number of halogens is 1. The molecule has 5 heteroatoms. The molecule has 0 aliphatic heterocycles. The van der Waals surface area contributed by atoms with Gasteiger partial charge in [0.05, 0.1) is 23.4 Å². The van der Waals surface area contributed by atoms with Crippen LogP contribution in [0.2, 0.25) is 5.02 Å². The number of nitrogens with zero attached hydrogens (tertiary/aromatic N) is 1. The molecule has 0 saturated heterocycles. The van der Waals surface area contributed by atoms with Gasteiger partial charge in [0, 0.05) is 16.8 Å². The first-order valence-electron chi connectivity index (χ1n) is 7.85. The van der Waals surface area contributed by atoms with Crippen molar-refractivity contribution >= 4 is 17.5 Å². The second-order valence-electron chi connectivity index (χ2n) is 5.84. The highest BCUT2D eigenvalue weighted by Gasteiger charge is 2.25. The monoisotopic (exact) mass is 330 g/mol. The first kappa shape index (κ1) is 16.0. The fourth-order valence-electron chi connectivity index (χ4n) is 2.95. The van der Waals surface area contributed by atoms with E-state index < -0.39 is 6.10 Å². The summed E-state index contributed by atoms with van der Waals surface area (Å²) in [5.74, 6) is -0.200. The van der Waals surface area contributed by atoms with Gasteiger partial charge in [-0.1, -0.05) is 36.6 Å². The Labute approximate surface area is 140 Å². The lowest BCUT2D eigenvalue weighted by atomic mass is 9.92. The third-order valence-corrected chi connectivity index (χ3v) is 4.47. The maximum Gasteiger partial charge on any atom is 0.253 e. The minimum atomic E-state index is -0.469. The highest BCUT2D eigenvalue weighted by atomic mass is 35.5. The van der Waals surface area contributed by atoms with Crippen molar-refractivity contribution in [1.82, 2.24) is 10.3 Å². The van der Waals surface area contributed by atoms with E-state index in [-0.39, 0.29) is 11.9 Å². The van der Waals surface area contributed by atoms with Crippen LogP contribution in [0.5, 0.6) is 0 Å². The Morgan fingerprint density at radius 3 is 2.65 bits per heavy atom. The number of hydrogen-bond acceptors (Lipinski definition) is 3. The summed E-state index contributed by atoms with van der Waals surface area (Å²) in [5, 5.41) is 13.6. The molecular weight excluding hydrogens is 312 g/mol. The molecule has 2 atom stereocenters. The van der Waals surface area contributed by atoms with Gasteiger partial charge in [-0.2, -0.15) is 0 Å². The number of aliphatic hydroxyl groups is 1. The maximum atomic E-state index is 12.6.